The predicted molar refractivity (Wildman–Crippen MR) is 76.7 cm³/mol. The van der Waals surface area contributed by atoms with Crippen LogP contribution in [0.15, 0.2) is 24.3 Å². The fourth-order valence-electron chi connectivity index (χ4n) is 1.82. The molecule has 0 spiro atoms. The Kier molecular flexibility index (Phi) is 5.83. The van der Waals surface area contributed by atoms with E-state index in [2.05, 4.69) is 10.6 Å². The fraction of sp³-hybridized carbons (Fsp3) is 0.533. The van der Waals surface area contributed by atoms with E-state index in [0.29, 0.717) is 19.2 Å². The van der Waals surface area contributed by atoms with Gasteiger partial charge in [-0.15, -0.1) is 0 Å². The van der Waals surface area contributed by atoms with Crippen LogP contribution in [0.25, 0.3) is 0 Å². The first kappa shape index (κ1) is 14.8. The first-order valence-electron chi connectivity index (χ1n) is 6.99. The van der Waals surface area contributed by atoms with Crippen molar-refractivity contribution in [2.45, 2.75) is 25.4 Å². The Morgan fingerprint density at radius 2 is 2.15 bits per heavy atom. The molecule has 0 bridgehead atoms. The molecule has 0 aromatic heterocycles. The number of ether oxygens (including phenoxy) is 2. The van der Waals surface area contributed by atoms with E-state index < -0.39 is 0 Å². The maximum atomic E-state index is 11.6. The second kappa shape index (κ2) is 7.87. The normalized spacial score (nSPS) is 14.1. The zero-order valence-electron chi connectivity index (χ0n) is 11.9. The molecule has 0 heterocycles. The summed E-state index contributed by atoms with van der Waals surface area (Å²) in [5, 5.41) is 6.17. The molecule has 0 saturated heterocycles. The van der Waals surface area contributed by atoms with Gasteiger partial charge in [0.15, 0.2) is 6.61 Å². The maximum absolute atomic E-state index is 11.6. The van der Waals surface area contributed by atoms with E-state index in [1.165, 1.54) is 12.8 Å². The van der Waals surface area contributed by atoms with Gasteiger partial charge >= 0.3 is 0 Å². The number of hydrogen-bond acceptors (Lipinski definition) is 4. The van der Waals surface area contributed by atoms with Gasteiger partial charge in [0.05, 0.1) is 6.61 Å². The first-order chi connectivity index (χ1) is 9.79. The average molecular weight is 278 g/mol. The lowest BCUT2D eigenvalue weighted by molar-refractivity contribution is -0.123. The number of methoxy groups -OCH3 is 1. The Bertz CT molecular complexity index is 433. The van der Waals surface area contributed by atoms with E-state index in [-0.39, 0.29) is 12.5 Å². The quantitative estimate of drug-likeness (QED) is 0.664. The van der Waals surface area contributed by atoms with Crippen molar-refractivity contribution in [3.63, 3.8) is 0 Å². The van der Waals surface area contributed by atoms with Crippen molar-refractivity contribution >= 4 is 5.91 Å². The maximum Gasteiger partial charge on any atom is 0.258 e. The van der Waals surface area contributed by atoms with Gasteiger partial charge in [0.25, 0.3) is 5.91 Å². The lowest BCUT2D eigenvalue weighted by Gasteiger charge is -2.12. The SMILES string of the molecule is COCCNC(=O)COc1ccccc1CNC1CC1. The molecule has 1 aromatic carbocycles. The van der Waals surface area contributed by atoms with Crippen molar-refractivity contribution in [1.29, 1.82) is 0 Å². The van der Waals surface area contributed by atoms with Gasteiger partial charge in [-0.1, -0.05) is 18.2 Å². The largest absolute Gasteiger partial charge is 0.483 e. The molecule has 5 nitrogen and oxygen atoms in total. The Morgan fingerprint density at radius 1 is 1.35 bits per heavy atom. The van der Waals surface area contributed by atoms with Gasteiger partial charge in [0.2, 0.25) is 0 Å². The lowest BCUT2D eigenvalue weighted by atomic mass is 10.2. The molecule has 0 atom stereocenters. The molecule has 20 heavy (non-hydrogen) atoms. The molecule has 0 aliphatic heterocycles. The van der Waals surface area contributed by atoms with E-state index in [0.717, 1.165) is 17.9 Å². The van der Waals surface area contributed by atoms with Gasteiger partial charge in [-0.2, -0.15) is 0 Å². The number of benzene rings is 1. The summed E-state index contributed by atoms with van der Waals surface area (Å²) in [6.07, 6.45) is 2.51. The van der Waals surface area contributed by atoms with Crippen LogP contribution in [-0.4, -0.2) is 38.8 Å². The van der Waals surface area contributed by atoms with E-state index in [4.69, 9.17) is 9.47 Å². The number of amides is 1. The lowest BCUT2D eigenvalue weighted by Crippen LogP contribution is -2.31. The minimum Gasteiger partial charge on any atom is -0.483 e. The summed E-state index contributed by atoms with van der Waals surface area (Å²) in [7, 11) is 1.60. The van der Waals surface area contributed by atoms with Crippen LogP contribution in [0.2, 0.25) is 0 Å². The van der Waals surface area contributed by atoms with Crippen LogP contribution in [-0.2, 0) is 16.1 Å². The summed E-state index contributed by atoms with van der Waals surface area (Å²) in [5.41, 5.74) is 1.09. The van der Waals surface area contributed by atoms with Crippen molar-refractivity contribution in [1.82, 2.24) is 10.6 Å². The number of para-hydroxylation sites is 1. The van der Waals surface area contributed by atoms with Crippen molar-refractivity contribution in [3.05, 3.63) is 29.8 Å². The third-order valence-corrected chi connectivity index (χ3v) is 3.12. The second-order valence-electron chi connectivity index (χ2n) is 4.89. The highest BCUT2D eigenvalue weighted by atomic mass is 16.5. The van der Waals surface area contributed by atoms with E-state index in [1.807, 2.05) is 24.3 Å². The molecule has 2 N–H and O–H groups in total. The van der Waals surface area contributed by atoms with Gasteiger partial charge in [-0.05, 0) is 18.9 Å². The third kappa shape index (κ3) is 5.19. The molecule has 0 unspecified atom stereocenters. The Balaban J connectivity index is 1.77. The molecule has 2 rings (SSSR count). The summed E-state index contributed by atoms with van der Waals surface area (Å²) < 4.78 is 10.5. The van der Waals surface area contributed by atoms with Crippen LogP contribution in [0.5, 0.6) is 5.75 Å². The van der Waals surface area contributed by atoms with E-state index in [1.54, 1.807) is 7.11 Å². The van der Waals surface area contributed by atoms with Crippen LogP contribution in [0.1, 0.15) is 18.4 Å². The van der Waals surface area contributed by atoms with Crippen molar-refractivity contribution in [2.24, 2.45) is 0 Å². The van der Waals surface area contributed by atoms with Crippen LogP contribution in [0.4, 0.5) is 0 Å². The molecule has 110 valence electrons. The number of carbonyl (C=O) groups is 1. The van der Waals surface area contributed by atoms with E-state index in [9.17, 15) is 4.79 Å². The molecular weight excluding hydrogens is 256 g/mol. The highest BCUT2D eigenvalue weighted by Gasteiger charge is 2.20. The predicted octanol–water partition coefficient (Wildman–Crippen LogP) is 1.08. The highest BCUT2D eigenvalue weighted by molar-refractivity contribution is 5.77. The second-order valence-corrected chi connectivity index (χ2v) is 4.89. The summed E-state index contributed by atoms with van der Waals surface area (Å²) in [6, 6.07) is 8.47. The monoisotopic (exact) mass is 278 g/mol. The summed E-state index contributed by atoms with van der Waals surface area (Å²) >= 11 is 0. The van der Waals surface area contributed by atoms with Crippen molar-refractivity contribution in [2.75, 3.05) is 26.9 Å². The van der Waals surface area contributed by atoms with Crippen LogP contribution < -0.4 is 15.4 Å². The van der Waals surface area contributed by atoms with Crippen LogP contribution in [0, 0.1) is 0 Å². The highest BCUT2D eigenvalue weighted by Crippen LogP contribution is 2.22. The molecule has 5 heteroatoms. The Morgan fingerprint density at radius 3 is 2.90 bits per heavy atom. The van der Waals surface area contributed by atoms with Gasteiger partial charge in [0.1, 0.15) is 5.75 Å². The van der Waals surface area contributed by atoms with Crippen LogP contribution >= 0.6 is 0 Å². The zero-order valence-corrected chi connectivity index (χ0v) is 11.9. The number of rotatable bonds is 9. The smallest absolute Gasteiger partial charge is 0.258 e. The fourth-order valence-corrected chi connectivity index (χ4v) is 1.82. The average Bonchev–Trinajstić information content (AvgIpc) is 3.28. The topological polar surface area (TPSA) is 59.6 Å². The summed E-state index contributed by atoms with van der Waals surface area (Å²) in [4.78, 5) is 11.6. The molecule has 1 saturated carbocycles. The molecule has 1 aromatic rings. The van der Waals surface area contributed by atoms with Gasteiger partial charge < -0.3 is 20.1 Å². The van der Waals surface area contributed by atoms with Crippen molar-refractivity contribution in [3.8, 4) is 5.75 Å². The minimum absolute atomic E-state index is 0.0319. The third-order valence-electron chi connectivity index (χ3n) is 3.12. The number of carbonyl (C=O) groups excluding carboxylic acids is 1. The molecule has 1 aliphatic rings. The zero-order chi connectivity index (χ0) is 14.2. The summed E-state index contributed by atoms with van der Waals surface area (Å²) in [5.74, 6) is 0.634. The van der Waals surface area contributed by atoms with E-state index >= 15 is 0 Å². The minimum atomic E-state index is -0.132. The Labute approximate surface area is 119 Å². The first-order valence-corrected chi connectivity index (χ1v) is 6.99. The standard InChI is InChI=1S/C15H22N2O3/c1-19-9-8-16-15(18)11-20-14-5-3-2-4-12(14)10-17-13-6-7-13/h2-5,13,17H,6-11H2,1H3,(H,16,18). The van der Waals surface area contributed by atoms with Crippen molar-refractivity contribution < 1.29 is 14.3 Å². The number of nitrogens with one attached hydrogen (secondary N) is 2. The van der Waals surface area contributed by atoms with Gasteiger partial charge in [0, 0.05) is 31.8 Å². The molecule has 0 radical (unpaired) electrons. The molecule has 1 amide bonds. The molecule has 1 aliphatic carbocycles. The van der Waals surface area contributed by atoms with Crippen LogP contribution in [0.3, 0.4) is 0 Å². The summed E-state index contributed by atoms with van der Waals surface area (Å²) in [6.45, 7) is 1.83. The molecular formula is C15H22N2O3. The molecule has 1 fully saturated rings. The van der Waals surface area contributed by atoms with Gasteiger partial charge in [-0.3, -0.25) is 4.79 Å². The Hall–Kier alpha value is -1.59. The van der Waals surface area contributed by atoms with Gasteiger partial charge in [-0.25, -0.2) is 0 Å². The number of hydrogen-bond donors (Lipinski definition) is 2.